The van der Waals surface area contributed by atoms with Crippen molar-refractivity contribution in [3.05, 3.63) is 29.8 Å². The highest BCUT2D eigenvalue weighted by atomic mass is 16.7. The van der Waals surface area contributed by atoms with Crippen LogP contribution in [0.5, 0.6) is 5.75 Å². The van der Waals surface area contributed by atoms with Crippen molar-refractivity contribution < 1.29 is 19.5 Å². The summed E-state index contributed by atoms with van der Waals surface area (Å²) in [7, 11) is 1.75. The molecule has 0 radical (unpaired) electrons. The molecule has 3 atom stereocenters. The number of hydrogen-bond acceptors (Lipinski definition) is 5. The normalized spacial score (nSPS) is 31.7. The van der Waals surface area contributed by atoms with Crippen LogP contribution in [0.2, 0.25) is 0 Å². The Morgan fingerprint density at radius 3 is 2.38 bits per heavy atom. The van der Waals surface area contributed by atoms with E-state index in [0.29, 0.717) is 0 Å². The first kappa shape index (κ1) is 15.6. The molecule has 0 bridgehead atoms. The number of rotatable bonds is 2. The molecule has 1 saturated carbocycles. The summed E-state index contributed by atoms with van der Waals surface area (Å²) in [5, 5.41) is 11.1. The summed E-state index contributed by atoms with van der Waals surface area (Å²) < 4.78 is 0. The smallest absolute Gasteiger partial charge is 0.261 e. The Morgan fingerprint density at radius 1 is 1.04 bits per heavy atom. The van der Waals surface area contributed by atoms with E-state index in [1.54, 1.807) is 36.4 Å². The van der Waals surface area contributed by atoms with Gasteiger partial charge in [-0.2, -0.15) is 5.06 Å². The van der Waals surface area contributed by atoms with Crippen LogP contribution in [-0.2, 0) is 14.4 Å². The molecule has 0 aromatic heterocycles. The lowest BCUT2D eigenvalue weighted by Crippen LogP contribution is -2.44. The molecule has 2 heterocycles. The molecular formula is C18H22N2O4. The van der Waals surface area contributed by atoms with Crippen molar-refractivity contribution in [2.24, 2.45) is 5.92 Å². The number of likely N-dealkylation sites (tertiary alicyclic amines) is 1. The van der Waals surface area contributed by atoms with Crippen LogP contribution in [0.15, 0.2) is 24.3 Å². The van der Waals surface area contributed by atoms with Gasteiger partial charge >= 0.3 is 0 Å². The van der Waals surface area contributed by atoms with Gasteiger partial charge in [-0.15, -0.1) is 0 Å². The average molecular weight is 330 g/mol. The maximum atomic E-state index is 13.0. The monoisotopic (exact) mass is 330 g/mol. The minimum atomic E-state index is -0.719. The lowest BCUT2D eigenvalue weighted by atomic mass is 9.90. The van der Waals surface area contributed by atoms with E-state index in [1.165, 1.54) is 11.3 Å². The van der Waals surface area contributed by atoms with Gasteiger partial charge in [0.2, 0.25) is 5.91 Å². The fraction of sp³-hybridized carbons (Fsp3) is 0.556. The highest BCUT2D eigenvalue weighted by Gasteiger charge is 2.59. The maximum Gasteiger partial charge on any atom is 0.261 e. The number of phenolic OH excluding ortho intramolecular Hbond substituents is 1. The summed E-state index contributed by atoms with van der Waals surface area (Å²) >= 11 is 0. The molecule has 128 valence electrons. The number of carbonyl (C=O) groups is 2. The molecule has 6 heteroatoms. The number of hydroxylamine groups is 2. The van der Waals surface area contributed by atoms with E-state index in [2.05, 4.69) is 0 Å². The van der Waals surface area contributed by atoms with Crippen LogP contribution in [0.1, 0.15) is 43.7 Å². The van der Waals surface area contributed by atoms with Gasteiger partial charge in [-0.1, -0.05) is 31.4 Å². The average Bonchev–Trinajstić information content (AvgIpc) is 3.04. The zero-order valence-corrected chi connectivity index (χ0v) is 13.7. The van der Waals surface area contributed by atoms with E-state index in [-0.39, 0.29) is 29.6 Å². The van der Waals surface area contributed by atoms with Crippen LogP contribution in [0.4, 0.5) is 0 Å². The van der Waals surface area contributed by atoms with E-state index in [9.17, 15) is 14.7 Å². The highest BCUT2D eigenvalue weighted by molar-refractivity contribution is 6.07. The van der Waals surface area contributed by atoms with Crippen LogP contribution in [0.25, 0.3) is 0 Å². The van der Waals surface area contributed by atoms with Crippen LogP contribution in [0.3, 0.4) is 0 Å². The lowest BCUT2D eigenvalue weighted by molar-refractivity contribution is -0.171. The Bertz CT molecular complexity index is 653. The number of carbonyl (C=O) groups excluding carboxylic acids is 2. The molecule has 3 unspecified atom stereocenters. The van der Waals surface area contributed by atoms with Crippen LogP contribution in [-0.4, -0.2) is 46.1 Å². The van der Waals surface area contributed by atoms with Crippen LogP contribution < -0.4 is 0 Å². The third kappa shape index (κ3) is 2.32. The van der Waals surface area contributed by atoms with E-state index in [1.807, 2.05) is 0 Å². The van der Waals surface area contributed by atoms with Crippen molar-refractivity contribution in [3.63, 3.8) is 0 Å². The van der Waals surface area contributed by atoms with Crippen molar-refractivity contribution in [1.82, 2.24) is 9.96 Å². The summed E-state index contributed by atoms with van der Waals surface area (Å²) in [6, 6.07) is 6.47. The van der Waals surface area contributed by atoms with Crippen molar-refractivity contribution in [2.75, 3.05) is 7.05 Å². The molecule has 1 N–H and O–H groups in total. The van der Waals surface area contributed by atoms with Gasteiger partial charge in [0.1, 0.15) is 5.75 Å². The standard InChI is InChI=1S/C18H22N2O4/c1-19-15(11-7-9-13(21)10-8-11)14-16(24-19)18(23)20(17(14)22)12-5-3-2-4-6-12/h7-10,12,14-16,21H,2-6H2,1H3. The van der Waals surface area contributed by atoms with Gasteiger partial charge in [0.05, 0.1) is 12.0 Å². The number of phenols is 1. The van der Waals surface area contributed by atoms with Crippen molar-refractivity contribution in [2.45, 2.75) is 50.3 Å². The van der Waals surface area contributed by atoms with Gasteiger partial charge in [0.25, 0.3) is 5.91 Å². The van der Waals surface area contributed by atoms with E-state index < -0.39 is 12.0 Å². The summed E-state index contributed by atoms with van der Waals surface area (Å²) in [6.45, 7) is 0. The first-order valence-electron chi connectivity index (χ1n) is 8.63. The molecule has 2 aliphatic heterocycles. The van der Waals surface area contributed by atoms with Gasteiger partial charge in [-0.3, -0.25) is 19.3 Å². The molecule has 1 aliphatic carbocycles. The number of imide groups is 1. The first-order valence-corrected chi connectivity index (χ1v) is 8.63. The number of amides is 2. The molecule has 4 rings (SSSR count). The van der Waals surface area contributed by atoms with Gasteiger partial charge in [-0.05, 0) is 30.5 Å². The molecule has 6 nitrogen and oxygen atoms in total. The molecule has 3 fully saturated rings. The molecule has 1 aromatic rings. The predicted octanol–water partition coefficient (Wildman–Crippen LogP) is 2.00. The number of aromatic hydroxyl groups is 1. The largest absolute Gasteiger partial charge is 0.508 e. The number of nitrogens with zero attached hydrogens (tertiary/aromatic N) is 2. The van der Waals surface area contributed by atoms with E-state index in [4.69, 9.17) is 4.84 Å². The number of fused-ring (bicyclic) bond motifs is 1. The van der Waals surface area contributed by atoms with Gasteiger partial charge in [-0.25, -0.2) is 0 Å². The molecule has 2 amide bonds. The molecule has 24 heavy (non-hydrogen) atoms. The van der Waals surface area contributed by atoms with Crippen molar-refractivity contribution >= 4 is 11.8 Å². The summed E-state index contributed by atoms with van der Waals surface area (Å²) in [6.07, 6.45) is 4.39. The molecule has 1 aromatic carbocycles. The number of hydrogen-bond donors (Lipinski definition) is 1. The Labute approximate surface area is 140 Å². The second kappa shape index (κ2) is 5.86. The predicted molar refractivity (Wildman–Crippen MR) is 85.7 cm³/mol. The lowest BCUT2D eigenvalue weighted by Gasteiger charge is -2.31. The Balaban J connectivity index is 1.64. The molecule has 3 aliphatic rings. The molecule has 2 saturated heterocycles. The Hall–Kier alpha value is -1.92. The summed E-state index contributed by atoms with van der Waals surface area (Å²) in [4.78, 5) is 33.1. The fourth-order valence-electron chi connectivity index (χ4n) is 4.36. The van der Waals surface area contributed by atoms with E-state index >= 15 is 0 Å². The second-order valence-corrected chi connectivity index (χ2v) is 6.97. The quantitative estimate of drug-likeness (QED) is 0.840. The minimum absolute atomic E-state index is 0.0266. The SMILES string of the molecule is CN1OC2C(=O)N(C3CCCCC3)C(=O)C2C1c1ccc(O)cc1. The van der Waals surface area contributed by atoms with Gasteiger partial charge in [0, 0.05) is 13.1 Å². The Morgan fingerprint density at radius 2 is 1.71 bits per heavy atom. The summed E-state index contributed by atoms with van der Waals surface area (Å²) in [5.74, 6) is -0.632. The first-order chi connectivity index (χ1) is 11.6. The van der Waals surface area contributed by atoms with E-state index in [0.717, 1.165) is 31.2 Å². The van der Waals surface area contributed by atoms with Crippen LogP contribution >= 0.6 is 0 Å². The van der Waals surface area contributed by atoms with Gasteiger partial charge < -0.3 is 5.11 Å². The zero-order chi connectivity index (χ0) is 16.8. The van der Waals surface area contributed by atoms with Gasteiger partial charge in [0.15, 0.2) is 6.10 Å². The van der Waals surface area contributed by atoms with Crippen molar-refractivity contribution in [3.8, 4) is 5.75 Å². The minimum Gasteiger partial charge on any atom is -0.508 e. The second-order valence-electron chi connectivity index (χ2n) is 6.97. The third-order valence-corrected chi connectivity index (χ3v) is 5.52. The molecule has 0 spiro atoms. The Kier molecular flexibility index (Phi) is 3.81. The molecular weight excluding hydrogens is 308 g/mol. The topological polar surface area (TPSA) is 70.1 Å². The maximum absolute atomic E-state index is 13.0. The number of benzene rings is 1. The fourth-order valence-corrected chi connectivity index (χ4v) is 4.36. The summed E-state index contributed by atoms with van der Waals surface area (Å²) in [5.41, 5.74) is 0.870. The third-order valence-electron chi connectivity index (χ3n) is 5.52. The highest BCUT2D eigenvalue weighted by Crippen LogP contribution is 2.45. The zero-order valence-electron chi connectivity index (χ0n) is 13.7. The van der Waals surface area contributed by atoms with Crippen LogP contribution in [0, 0.1) is 5.92 Å². The van der Waals surface area contributed by atoms with Crippen molar-refractivity contribution in [1.29, 1.82) is 0 Å².